The lowest BCUT2D eigenvalue weighted by molar-refractivity contribution is -0.161. The summed E-state index contributed by atoms with van der Waals surface area (Å²) in [6.45, 7) is 1.80. The fourth-order valence-electron chi connectivity index (χ4n) is 2.08. The van der Waals surface area contributed by atoms with Gasteiger partial charge in [0, 0.05) is 31.1 Å². The van der Waals surface area contributed by atoms with E-state index < -0.39 is 11.6 Å². The van der Waals surface area contributed by atoms with E-state index in [0.717, 1.165) is 24.6 Å². The molecule has 98 valence electrons. The van der Waals surface area contributed by atoms with E-state index >= 15 is 0 Å². The van der Waals surface area contributed by atoms with E-state index in [9.17, 15) is 15.0 Å². The predicted molar refractivity (Wildman–Crippen MR) is 71.7 cm³/mol. The van der Waals surface area contributed by atoms with Crippen molar-refractivity contribution in [3.8, 4) is 0 Å². The summed E-state index contributed by atoms with van der Waals surface area (Å²) >= 11 is 1.86. The highest BCUT2D eigenvalue weighted by Crippen LogP contribution is 2.24. The second-order valence-corrected chi connectivity index (χ2v) is 5.64. The first-order valence-electron chi connectivity index (χ1n) is 5.94. The highest BCUT2D eigenvalue weighted by molar-refractivity contribution is 7.99. The Kier molecular flexibility index (Phi) is 4.27. The van der Waals surface area contributed by atoms with Gasteiger partial charge in [0.05, 0.1) is 0 Å². The molecular weight excluding hydrogens is 250 g/mol. The van der Waals surface area contributed by atoms with E-state index in [2.05, 4.69) is 0 Å². The average Bonchev–Trinajstić information content (AvgIpc) is 2.40. The Balaban J connectivity index is 2.19. The molecule has 1 aromatic carbocycles. The third-order valence-electron chi connectivity index (χ3n) is 3.16. The zero-order valence-electron chi connectivity index (χ0n) is 10.1. The van der Waals surface area contributed by atoms with Gasteiger partial charge in [0.2, 0.25) is 0 Å². The fourth-order valence-corrected chi connectivity index (χ4v) is 3.06. The van der Waals surface area contributed by atoms with Gasteiger partial charge in [-0.3, -0.25) is 4.90 Å². The zero-order chi connectivity index (χ0) is 13.0. The van der Waals surface area contributed by atoms with Gasteiger partial charge in [0.25, 0.3) is 0 Å². The van der Waals surface area contributed by atoms with Crippen molar-refractivity contribution in [3.05, 3.63) is 35.9 Å². The molecule has 1 aliphatic heterocycles. The number of carboxylic acid groups (broad SMARTS) is 1. The molecule has 0 aliphatic carbocycles. The van der Waals surface area contributed by atoms with Crippen LogP contribution in [0.5, 0.6) is 0 Å². The van der Waals surface area contributed by atoms with Gasteiger partial charge in [-0.05, 0) is 5.56 Å². The largest absolute Gasteiger partial charge is 0.479 e. The maximum atomic E-state index is 11.4. The number of hydrogen-bond donors (Lipinski definition) is 2. The molecule has 0 saturated carbocycles. The van der Waals surface area contributed by atoms with Crippen LogP contribution >= 0.6 is 11.8 Å². The molecule has 0 amide bonds. The van der Waals surface area contributed by atoms with Crippen LogP contribution in [0.25, 0.3) is 0 Å². The Hall–Kier alpha value is -1.04. The number of aliphatic carboxylic acids is 1. The molecule has 1 fully saturated rings. The van der Waals surface area contributed by atoms with E-state index in [-0.39, 0.29) is 6.54 Å². The number of β-amino-alcohol motifs (C(OH)–C–C–N with tert-alkyl or cyclic N) is 1. The quantitative estimate of drug-likeness (QED) is 0.852. The number of carboxylic acids is 1. The van der Waals surface area contributed by atoms with Crippen LogP contribution in [-0.4, -0.2) is 52.2 Å². The topological polar surface area (TPSA) is 60.8 Å². The molecule has 1 aromatic rings. The lowest BCUT2D eigenvalue weighted by Gasteiger charge is -2.33. The highest BCUT2D eigenvalue weighted by atomic mass is 32.2. The van der Waals surface area contributed by atoms with Crippen molar-refractivity contribution in [3.63, 3.8) is 0 Å². The van der Waals surface area contributed by atoms with Gasteiger partial charge in [0.1, 0.15) is 0 Å². The number of nitrogens with zero attached hydrogens (tertiary/aromatic N) is 1. The summed E-state index contributed by atoms with van der Waals surface area (Å²) in [5.74, 6) is 0.793. The Bertz CT molecular complexity index is 406. The Labute approximate surface area is 111 Å². The predicted octanol–water partition coefficient (Wildman–Crippen LogP) is 1.01. The molecule has 1 saturated heterocycles. The zero-order valence-corrected chi connectivity index (χ0v) is 10.9. The third-order valence-corrected chi connectivity index (χ3v) is 4.10. The SMILES string of the molecule is O=C(O)C(O)(CN1CCSCC1)c1ccccc1. The van der Waals surface area contributed by atoms with Gasteiger partial charge in [0.15, 0.2) is 5.60 Å². The van der Waals surface area contributed by atoms with Crippen molar-refractivity contribution in [1.82, 2.24) is 4.90 Å². The molecule has 18 heavy (non-hydrogen) atoms. The second kappa shape index (κ2) is 5.73. The van der Waals surface area contributed by atoms with Crippen molar-refractivity contribution in [1.29, 1.82) is 0 Å². The lowest BCUT2D eigenvalue weighted by Crippen LogP contribution is -2.48. The van der Waals surface area contributed by atoms with E-state index in [4.69, 9.17) is 0 Å². The summed E-state index contributed by atoms with van der Waals surface area (Å²) in [7, 11) is 0. The third kappa shape index (κ3) is 2.85. The molecule has 0 aromatic heterocycles. The minimum absolute atomic E-state index is 0.146. The van der Waals surface area contributed by atoms with Crippen LogP contribution in [0, 0.1) is 0 Å². The number of rotatable bonds is 4. The normalized spacial score (nSPS) is 20.3. The van der Waals surface area contributed by atoms with Crippen molar-refractivity contribution < 1.29 is 15.0 Å². The van der Waals surface area contributed by atoms with E-state index in [1.807, 2.05) is 22.7 Å². The second-order valence-electron chi connectivity index (χ2n) is 4.42. The maximum absolute atomic E-state index is 11.4. The minimum Gasteiger partial charge on any atom is -0.479 e. The van der Waals surface area contributed by atoms with Gasteiger partial charge >= 0.3 is 5.97 Å². The summed E-state index contributed by atoms with van der Waals surface area (Å²) in [5.41, 5.74) is -1.38. The number of benzene rings is 1. The average molecular weight is 267 g/mol. The van der Waals surface area contributed by atoms with E-state index in [0.29, 0.717) is 5.56 Å². The minimum atomic E-state index is -1.82. The fraction of sp³-hybridized carbons (Fsp3) is 0.462. The van der Waals surface area contributed by atoms with Crippen molar-refractivity contribution >= 4 is 17.7 Å². The molecule has 2 rings (SSSR count). The standard InChI is InChI=1S/C13H17NO3S/c15-12(16)13(17,11-4-2-1-3-5-11)10-14-6-8-18-9-7-14/h1-5,17H,6-10H2,(H,15,16). The molecule has 2 N–H and O–H groups in total. The summed E-state index contributed by atoms with van der Waals surface area (Å²) in [6.07, 6.45) is 0. The van der Waals surface area contributed by atoms with Gasteiger partial charge in [-0.25, -0.2) is 4.79 Å². The summed E-state index contributed by atoms with van der Waals surface area (Å²) in [6, 6.07) is 8.62. The number of aliphatic hydroxyl groups is 1. The maximum Gasteiger partial charge on any atom is 0.341 e. The highest BCUT2D eigenvalue weighted by Gasteiger charge is 2.39. The molecular formula is C13H17NO3S. The van der Waals surface area contributed by atoms with Gasteiger partial charge in [-0.1, -0.05) is 30.3 Å². The van der Waals surface area contributed by atoms with Gasteiger partial charge in [-0.2, -0.15) is 11.8 Å². The molecule has 0 radical (unpaired) electrons. The van der Waals surface area contributed by atoms with Gasteiger partial charge in [-0.15, -0.1) is 0 Å². The molecule has 5 heteroatoms. The van der Waals surface area contributed by atoms with E-state index in [1.165, 1.54) is 0 Å². The van der Waals surface area contributed by atoms with Crippen LogP contribution in [0.4, 0.5) is 0 Å². The summed E-state index contributed by atoms with van der Waals surface area (Å²) in [4.78, 5) is 13.4. The molecule has 0 spiro atoms. The van der Waals surface area contributed by atoms with E-state index in [1.54, 1.807) is 24.3 Å². The molecule has 1 heterocycles. The molecule has 1 atom stereocenters. The smallest absolute Gasteiger partial charge is 0.341 e. The lowest BCUT2D eigenvalue weighted by atomic mass is 9.93. The number of thioether (sulfide) groups is 1. The first kappa shape index (κ1) is 13.4. The summed E-state index contributed by atoms with van der Waals surface area (Å²) in [5, 5.41) is 19.8. The van der Waals surface area contributed by atoms with Crippen molar-refractivity contribution in [2.24, 2.45) is 0 Å². The first-order valence-corrected chi connectivity index (χ1v) is 7.10. The van der Waals surface area contributed by atoms with Crippen LogP contribution in [0.3, 0.4) is 0 Å². The van der Waals surface area contributed by atoms with Crippen LogP contribution in [0.1, 0.15) is 5.56 Å². The van der Waals surface area contributed by atoms with Crippen molar-refractivity contribution in [2.75, 3.05) is 31.1 Å². The Morgan fingerprint density at radius 1 is 1.28 bits per heavy atom. The summed E-state index contributed by atoms with van der Waals surface area (Å²) < 4.78 is 0. The molecule has 1 aliphatic rings. The van der Waals surface area contributed by atoms with Crippen molar-refractivity contribution in [2.45, 2.75) is 5.60 Å². The van der Waals surface area contributed by atoms with Crippen LogP contribution in [-0.2, 0) is 10.4 Å². The van der Waals surface area contributed by atoms with Gasteiger partial charge < -0.3 is 10.2 Å². The molecule has 0 bridgehead atoms. The Morgan fingerprint density at radius 3 is 2.44 bits per heavy atom. The number of carbonyl (C=O) groups is 1. The molecule has 4 nitrogen and oxygen atoms in total. The Morgan fingerprint density at radius 2 is 1.89 bits per heavy atom. The first-order chi connectivity index (χ1) is 8.63. The van der Waals surface area contributed by atoms with Crippen LogP contribution in [0.15, 0.2) is 30.3 Å². The van der Waals surface area contributed by atoms with Crippen LogP contribution in [0.2, 0.25) is 0 Å². The monoisotopic (exact) mass is 267 g/mol. The molecule has 1 unspecified atom stereocenters. The number of hydrogen-bond acceptors (Lipinski definition) is 4. The van der Waals surface area contributed by atoms with Crippen LogP contribution < -0.4 is 0 Å².